The summed E-state index contributed by atoms with van der Waals surface area (Å²) in [7, 11) is 0. The first-order valence-electron chi connectivity index (χ1n) is 6.07. The van der Waals surface area contributed by atoms with Gasteiger partial charge in [0, 0.05) is 16.0 Å². The molecule has 2 aromatic carbocycles. The number of thioether (sulfide) groups is 1. The lowest BCUT2D eigenvalue weighted by Crippen LogP contribution is -2.23. The van der Waals surface area contributed by atoms with Gasteiger partial charge in [-0.25, -0.2) is 0 Å². The Balaban J connectivity index is 1.91. The van der Waals surface area contributed by atoms with Crippen LogP contribution in [0.3, 0.4) is 0 Å². The molecule has 0 aliphatic carbocycles. The van der Waals surface area contributed by atoms with Gasteiger partial charge in [-0.1, -0.05) is 48.0 Å². The molecule has 0 N–H and O–H groups in total. The van der Waals surface area contributed by atoms with Crippen molar-refractivity contribution in [3.8, 4) is 0 Å². The second-order valence-corrected chi connectivity index (χ2v) is 5.74. The van der Waals surface area contributed by atoms with Crippen LogP contribution in [0.4, 0.5) is 0 Å². The Labute approximate surface area is 115 Å². The molecule has 0 fully saturated rings. The Morgan fingerprint density at radius 3 is 2.42 bits per heavy atom. The highest BCUT2D eigenvalue weighted by Crippen LogP contribution is 2.38. The van der Waals surface area contributed by atoms with E-state index in [0.717, 1.165) is 10.5 Å². The number of ketones is 2. The molecule has 0 saturated carbocycles. The van der Waals surface area contributed by atoms with Crippen LogP contribution in [0.1, 0.15) is 26.3 Å². The van der Waals surface area contributed by atoms with E-state index in [1.807, 2.05) is 37.3 Å². The first kappa shape index (κ1) is 12.2. The highest BCUT2D eigenvalue weighted by atomic mass is 32.2. The normalized spacial score (nSPS) is 17.3. The number of hydrogen-bond acceptors (Lipinski definition) is 3. The molecule has 1 aliphatic rings. The number of hydrogen-bond donors (Lipinski definition) is 0. The van der Waals surface area contributed by atoms with Gasteiger partial charge in [0.25, 0.3) is 0 Å². The van der Waals surface area contributed by atoms with Gasteiger partial charge in [-0.3, -0.25) is 9.59 Å². The maximum Gasteiger partial charge on any atom is 0.185 e. The van der Waals surface area contributed by atoms with Crippen LogP contribution in [0, 0.1) is 6.92 Å². The molecule has 1 heterocycles. The summed E-state index contributed by atoms with van der Waals surface area (Å²) >= 11 is 1.35. The van der Waals surface area contributed by atoms with Crippen LogP contribution in [-0.2, 0) is 0 Å². The molecular formula is C16H12O2S. The van der Waals surface area contributed by atoms with Gasteiger partial charge in [0.2, 0.25) is 0 Å². The SMILES string of the molecule is Cc1ccc(C(=O)C2Sc3ccccc3C2=O)cc1. The Morgan fingerprint density at radius 2 is 1.74 bits per heavy atom. The highest BCUT2D eigenvalue weighted by Gasteiger charge is 2.36. The van der Waals surface area contributed by atoms with Crippen LogP contribution >= 0.6 is 11.8 Å². The maximum atomic E-state index is 12.4. The fraction of sp³-hybridized carbons (Fsp3) is 0.125. The molecule has 2 nitrogen and oxygen atoms in total. The number of Topliss-reactive ketones (excluding diaryl/α,β-unsaturated/α-hetero) is 2. The second-order valence-electron chi connectivity index (χ2n) is 4.59. The van der Waals surface area contributed by atoms with Gasteiger partial charge in [0.15, 0.2) is 11.6 Å². The summed E-state index contributed by atoms with van der Waals surface area (Å²) in [5.41, 5.74) is 2.37. The van der Waals surface area contributed by atoms with Crippen LogP contribution in [0.5, 0.6) is 0 Å². The minimum atomic E-state index is -0.625. The molecule has 1 unspecified atom stereocenters. The third kappa shape index (κ3) is 2.10. The fourth-order valence-electron chi connectivity index (χ4n) is 2.14. The molecule has 0 spiro atoms. The number of benzene rings is 2. The van der Waals surface area contributed by atoms with E-state index in [2.05, 4.69) is 0 Å². The van der Waals surface area contributed by atoms with E-state index in [1.54, 1.807) is 18.2 Å². The Kier molecular flexibility index (Phi) is 2.99. The van der Waals surface area contributed by atoms with Crippen LogP contribution in [0.2, 0.25) is 0 Å². The quantitative estimate of drug-likeness (QED) is 0.617. The smallest absolute Gasteiger partial charge is 0.185 e. The molecule has 1 atom stereocenters. The summed E-state index contributed by atoms with van der Waals surface area (Å²) in [4.78, 5) is 25.5. The van der Waals surface area contributed by atoms with E-state index in [0.29, 0.717) is 11.1 Å². The third-order valence-electron chi connectivity index (χ3n) is 3.21. The van der Waals surface area contributed by atoms with Gasteiger partial charge in [-0.2, -0.15) is 0 Å². The number of fused-ring (bicyclic) bond motifs is 1. The zero-order valence-electron chi connectivity index (χ0n) is 10.4. The number of rotatable bonds is 2. The summed E-state index contributed by atoms with van der Waals surface area (Å²) in [6, 6.07) is 14.7. The van der Waals surface area contributed by atoms with Gasteiger partial charge in [-0.05, 0) is 13.0 Å². The average molecular weight is 268 g/mol. The third-order valence-corrected chi connectivity index (χ3v) is 4.48. The van der Waals surface area contributed by atoms with Crippen LogP contribution in [-0.4, -0.2) is 16.8 Å². The van der Waals surface area contributed by atoms with Crippen molar-refractivity contribution in [2.24, 2.45) is 0 Å². The van der Waals surface area contributed by atoms with Gasteiger partial charge in [0.05, 0.1) is 0 Å². The highest BCUT2D eigenvalue weighted by molar-refractivity contribution is 8.02. The molecule has 0 bridgehead atoms. The van der Waals surface area contributed by atoms with Crippen LogP contribution in [0.25, 0.3) is 0 Å². The summed E-state index contributed by atoms with van der Waals surface area (Å²) in [5.74, 6) is -0.183. The van der Waals surface area contributed by atoms with Crippen molar-refractivity contribution in [3.63, 3.8) is 0 Å². The number of carbonyl (C=O) groups is 2. The molecule has 3 heteroatoms. The summed E-state index contributed by atoms with van der Waals surface area (Å²) in [6.45, 7) is 1.97. The molecule has 0 radical (unpaired) electrons. The van der Waals surface area contributed by atoms with E-state index in [1.165, 1.54) is 11.8 Å². The molecule has 1 aliphatic heterocycles. The van der Waals surface area contributed by atoms with Gasteiger partial charge in [0.1, 0.15) is 5.25 Å². The van der Waals surface area contributed by atoms with Gasteiger partial charge < -0.3 is 0 Å². The zero-order valence-corrected chi connectivity index (χ0v) is 11.2. The maximum absolute atomic E-state index is 12.4. The van der Waals surface area contributed by atoms with E-state index >= 15 is 0 Å². The minimum absolute atomic E-state index is 0.0776. The summed E-state index contributed by atoms with van der Waals surface area (Å²) < 4.78 is 0. The Bertz CT molecular complexity index is 659. The van der Waals surface area contributed by atoms with Crippen molar-refractivity contribution >= 4 is 23.3 Å². The molecular weight excluding hydrogens is 256 g/mol. The van der Waals surface area contributed by atoms with Crippen LogP contribution < -0.4 is 0 Å². The Hall–Kier alpha value is -1.87. The minimum Gasteiger partial charge on any atom is -0.292 e. The first-order chi connectivity index (χ1) is 9.16. The largest absolute Gasteiger partial charge is 0.292 e. The van der Waals surface area contributed by atoms with Crippen molar-refractivity contribution in [2.75, 3.05) is 0 Å². The fourth-order valence-corrected chi connectivity index (χ4v) is 3.32. The van der Waals surface area contributed by atoms with Crippen molar-refractivity contribution in [2.45, 2.75) is 17.1 Å². The molecule has 0 saturated heterocycles. The summed E-state index contributed by atoms with van der Waals surface area (Å²) in [6.07, 6.45) is 0. The molecule has 0 amide bonds. The predicted octanol–water partition coefficient (Wildman–Crippen LogP) is 3.53. The van der Waals surface area contributed by atoms with E-state index < -0.39 is 5.25 Å². The van der Waals surface area contributed by atoms with Crippen LogP contribution in [0.15, 0.2) is 53.4 Å². The monoisotopic (exact) mass is 268 g/mol. The topological polar surface area (TPSA) is 34.1 Å². The van der Waals surface area contributed by atoms with Gasteiger partial charge in [-0.15, -0.1) is 11.8 Å². The zero-order chi connectivity index (χ0) is 13.4. The Morgan fingerprint density at radius 1 is 1.05 bits per heavy atom. The molecule has 3 rings (SSSR count). The first-order valence-corrected chi connectivity index (χ1v) is 6.95. The summed E-state index contributed by atoms with van der Waals surface area (Å²) in [5, 5.41) is -0.625. The second kappa shape index (κ2) is 4.67. The molecule has 0 aromatic heterocycles. The lowest BCUT2D eigenvalue weighted by atomic mass is 10.0. The lowest BCUT2D eigenvalue weighted by molar-refractivity contribution is 0.0906. The van der Waals surface area contributed by atoms with Gasteiger partial charge >= 0.3 is 0 Å². The standard InChI is InChI=1S/C16H12O2S/c1-10-6-8-11(9-7-10)14(17)16-15(18)12-4-2-3-5-13(12)19-16/h2-9,16H,1H3. The number of aryl methyl sites for hydroxylation is 1. The van der Waals surface area contributed by atoms with Crippen molar-refractivity contribution in [1.29, 1.82) is 0 Å². The van der Waals surface area contributed by atoms with E-state index in [4.69, 9.17) is 0 Å². The van der Waals surface area contributed by atoms with Crippen molar-refractivity contribution in [3.05, 3.63) is 65.2 Å². The molecule has 2 aromatic rings. The van der Waals surface area contributed by atoms with Crippen molar-refractivity contribution < 1.29 is 9.59 Å². The van der Waals surface area contributed by atoms with E-state index in [-0.39, 0.29) is 11.6 Å². The molecule has 94 valence electrons. The average Bonchev–Trinajstić information content (AvgIpc) is 2.77. The van der Waals surface area contributed by atoms with E-state index in [9.17, 15) is 9.59 Å². The lowest BCUT2D eigenvalue weighted by Gasteiger charge is -2.06. The van der Waals surface area contributed by atoms with Crippen molar-refractivity contribution in [1.82, 2.24) is 0 Å². The predicted molar refractivity (Wildman–Crippen MR) is 75.9 cm³/mol. The number of carbonyl (C=O) groups excluding carboxylic acids is 2. The molecule has 19 heavy (non-hydrogen) atoms.